The summed E-state index contributed by atoms with van der Waals surface area (Å²) in [6, 6.07) is 7.23. The molecule has 2 aromatic rings. The van der Waals surface area contributed by atoms with Gasteiger partial charge in [-0.1, -0.05) is 19.0 Å². The highest BCUT2D eigenvalue weighted by atomic mass is 16.5. The Bertz CT molecular complexity index is 605. The van der Waals surface area contributed by atoms with Gasteiger partial charge < -0.3 is 14.6 Å². The van der Waals surface area contributed by atoms with Crippen LogP contribution in [0, 0.1) is 0 Å². The van der Waals surface area contributed by atoms with Gasteiger partial charge in [-0.25, -0.2) is 0 Å². The van der Waals surface area contributed by atoms with Crippen LogP contribution in [0.3, 0.4) is 0 Å². The molecular formula is C16H21N3O3. The number of nitrogens with one attached hydrogen (secondary N) is 1. The van der Waals surface area contributed by atoms with Crippen LogP contribution in [0.5, 0.6) is 5.75 Å². The summed E-state index contributed by atoms with van der Waals surface area (Å²) in [6.45, 7) is 4.02. The fraction of sp³-hybridized carbons (Fsp3) is 0.438. The molecule has 6 heteroatoms. The van der Waals surface area contributed by atoms with Gasteiger partial charge in [0.15, 0.2) is 5.82 Å². The first kappa shape index (κ1) is 16.0. The fourth-order valence-corrected chi connectivity index (χ4v) is 1.90. The molecule has 1 aromatic carbocycles. The lowest BCUT2D eigenvalue weighted by molar-refractivity contribution is -0.116. The van der Waals surface area contributed by atoms with Gasteiger partial charge in [0.25, 0.3) is 0 Å². The Kier molecular flexibility index (Phi) is 5.52. The number of ether oxygens (including phenoxy) is 1. The van der Waals surface area contributed by atoms with E-state index in [1.165, 1.54) is 0 Å². The number of carbonyl (C=O) groups excluding carboxylic acids is 1. The molecule has 0 fully saturated rings. The molecule has 0 spiro atoms. The van der Waals surface area contributed by atoms with E-state index in [1.807, 2.05) is 38.1 Å². The molecule has 1 heterocycles. The SMILES string of the molecule is COc1ccc(NC(=O)CCCc2nc(C(C)C)no2)cc1. The number of rotatable bonds is 7. The first-order valence-corrected chi connectivity index (χ1v) is 7.35. The molecule has 0 unspecified atom stereocenters. The third-order valence-corrected chi connectivity index (χ3v) is 3.17. The molecule has 0 aliphatic heterocycles. The number of methoxy groups -OCH3 is 1. The normalized spacial score (nSPS) is 10.7. The molecule has 1 amide bonds. The maximum atomic E-state index is 11.9. The number of aryl methyl sites for hydroxylation is 1. The predicted octanol–water partition coefficient (Wildman–Crippen LogP) is 3.16. The Morgan fingerprint density at radius 3 is 2.64 bits per heavy atom. The van der Waals surface area contributed by atoms with E-state index in [2.05, 4.69) is 15.5 Å². The minimum atomic E-state index is -0.0336. The summed E-state index contributed by atoms with van der Waals surface area (Å²) in [5, 5.41) is 6.74. The minimum Gasteiger partial charge on any atom is -0.497 e. The van der Waals surface area contributed by atoms with Gasteiger partial charge >= 0.3 is 0 Å². The zero-order valence-corrected chi connectivity index (χ0v) is 13.1. The second kappa shape index (κ2) is 7.59. The molecule has 0 aliphatic carbocycles. The summed E-state index contributed by atoms with van der Waals surface area (Å²) >= 11 is 0. The number of amides is 1. The molecule has 0 bridgehead atoms. The van der Waals surface area contributed by atoms with Crippen LogP contribution in [0.1, 0.15) is 44.3 Å². The van der Waals surface area contributed by atoms with Crippen molar-refractivity contribution < 1.29 is 14.1 Å². The van der Waals surface area contributed by atoms with Crippen molar-refractivity contribution >= 4 is 11.6 Å². The van der Waals surface area contributed by atoms with Crippen molar-refractivity contribution in [1.29, 1.82) is 0 Å². The molecule has 1 N–H and O–H groups in total. The Morgan fingerprint density at radius 1 is 1.32 bits per heavy atom. The van der Waals surface area contributed by atoms with Crippen molar-refractivity contribution in [3.63, 3.8) is 0 Å². The van der Waals surface area contributed by atoms with Gasteiger partial charge in [0.05, 0.1) is 7.11 Å². The molecule has 2 rings (SSSR count). The maximum Gasteiger partial charge on any atom is 0.226 e. The average Bonchev–Trinajstić information content (AvgIpc) is 2.97. The standard InChI is InChI=1S/C16H21N3O3/c1-11(2)16-18-15(22-19-16)6-4-5-14(20)17-12-7-9-13(21-3)10-8-12/h7-11H,4-6H2,1-3H3,(H,17,20). The Morgan fingerprint density at radius 2 is 2.05 bits per heavy atom. The summed E-state index contributed by atoms with van der Waals surface area (Å²) < 4.78 is 10.2. The van der Waals surface area contributed by atoms with E-state index < -0.39 is 0 Å². The van der Waals surface area contributed by atoms with Gasteiger partial charge in [-0.15, -0.1) is 0 Å². The van der Waals surface area contributed by atoms with Gasteiger partial charge in [-0.3, -0.25) is 4.79 Å². The summed E-state index contributed by atoms with van der Waals surface area (Å²) in [7, 11) is 1.61. The lowest BCUT2D eigenvalue weighted by Gasteiger charge is -2.05. The number of nitrogens with zero attached hydrogens (tertiary/aromatic N) is 2. The van der Waals surface area contributed by atoms with Crippen molar-refractivity contribution in [1.82, 2.24) is 10.1 Å². The second-order valence-electron chi connectivity index (χ2n) is 5.33. The van der Waals surface area contributed by atoms with Crippen molar-refractivity contribution in [2.75, 3.05) is 12.4 Å². The van der Waals surface area contributed by atoms with E-state index in [0.29, 0.717) is 31.0 Å². The number of carbonyl (C=O) groups is 1. The second-order valence-corrected chi connectivity index (χ2v) is 5.33. The highest BCUT2D eigenvalue weighted by Crippen LogP contribution is 2.15. The molecule has 1 aromatic heterocycles. The number of hydrogen-bond acceptors (Lipinski definition) is 5. The Balaban J connectivity index is 1.74. The van der Waals surface area contributed by atoms with Crippen LogP contribution in [-0.2, 0) is 11.2 Å². The van der Waals surface area contributed by atoms with Crippen molar-refractivity contribution in [3.8, 4) is 5.75 Å². The summed E-state index contributed by atoms with van der Waals surface area (Å²) in [5.41, 5.74) is 0.755. The topological polar surface area (TPSA) is 77.2 Å². The lowest BCUT2D eigenvalue weighted by atomic mass is 10.2. The average molecular weight is 303 g/mol. The molecule has 118 valence electrons. The lowest BCUT2D eigenvalue weighted by Crippen LogP contribution is -2.11. The third-order valence-electron chi connectivity index (χ3n) is 3.17. The smallest absolute Gasteiger partial charge is 0.226 e. The van der Waals surface area contributed by atoms with E-state index in [0.717, 1.165) is 11.4 Å². The monoisotopic (exact) mass is 303 g/mol. The summed E-state index contributed by atoms with van der Waals surface area (Å²) in [4.78, 5) is 16.1. The highest BCUT2D eigenvalue weighted by Gasteiger charge is 2.10. The molecule has 0 saturated heterocycles. The van der Waals surface area contributed by atoms with Gasteiger partial charge in [0, 0.05) is 24.4 Å². The Labute approximate surface area is 129 Å². The van der Waals surface area contributed by atoms with Crippen LogP contribution in [0.2, 0.25) is 0 Å². The van der Waals surface area contributed by atoms with E-state index in [1.54, 1.807) is 7.11 Å². The molecule has 22 heavy (non-hydrogen) atoms. The number of anilines is 1. The Hall–Kier alpha value is -2.37. The minimum absolute atomic E-state index is 0.0336. The fourth-order valence-electron chi connectivity index (χ4n) is 1.90. The quantitative estimate of drug-likeness (QED) is 0.850. The first-order valence-electron chi connectivity index (χ1n) is 7.35. The molecule has 6 nitrogen and oxygen atoms in total. The van der Waals surface area contributed by atoms with Crippen molar-refractivity contribution in [2.24, 2.45) is 0 Å². The summed E-state index contributed by atoms with van der Waals surface area (Å²) in [6.07, 6.45) is 1.68. The van der Waals surface area contributed by atoms with E-state index in [9.17, 15) is 4.79 Å². The van der Waals surface area contributed by atoms with Gasteiger partial charge in [0.2, 0.25) is 11.8 Å². The number of hydrogen-bond donors (Lipinski definition) is 1. The largest absolute Gasteiger partial charge is 0.497 e. The third kappa shape index (κ3) is 4.58. The van der Waals surface area contributed by atoms with Gasteiger partial charge in [-0.05, 0) is 30.7 Å². The van der Waals surface area contributed by atoms with E-state index in [-0.39, 0.29) is 11.8 Å². The van der Waals surface area contributed by atoms with Crippen LogP contribution >= 0.6 is 0 Å². The molecule has 0 radical (unpaired) electrons. The predicted molar refractivity (Wildman–Crippen MR) is 82.9 cm³/mol. The van der Waals surface area contributed by atoms with Crippen LogP contribution in [0.4, 0.5) is 5.69 Å². The molecule has 0 atom stereocenters. The molecular weight excluding hydrogens is 282 g/mol. The molecule has 0 aliphatic rings. The van der Waals surface area contributed by atoms with E-state index in [4.69, 9.17) is 9.26 Å². The molecule has 0 saturated carbocycles. The van der Waals surface area contributed by atoms with Crippen LogP contribution < -0.4 is 10.1 Å². The zero-order chi connectivity index (χ0) is 15.9. The van der Waals surface area contributed by atoms with Gasteiger partial charge in [0.1, 0.15) is 5.75 Å². The van der Waals surface area contributed by atoms with E-state index >= 15 is 0 Å². The van der Waals surface area contributed by atoms with Crippen molar-refractivity contribution in [3.05, 3.63) is 36.0 Å². The maximum absolute atomic E-state index is 11.9. The number of benzene rings is 1. The highest BCUT2D eigenvalue weighted by molar-refractivity contribution is 5.90. The van der Waals surface area contributed by atoms with Crippen LogP contribution in [0.25, 0.3) is 0 Å². The van der Waals surface area contributed by atoms with Crippen LogP contribution in [0.15, 0.2) is 28.8 Å². The first-order chi connectivity index (χ1) is 10.6. The zero-order valence-electron chi connectivity index (χ0n) is 13.1. The number of aromatic nitrogens is 2. The van der Waals surface area contributed by atoms with Gasteiger partial charge in [-0.2, -0.15) is 4.98 Å². The summed E-state index contributed by atoms with van der Waals surface area (Å²) in [5.74, 6) is 2.26. The van der Waals surface area contributed by atoms with Crippen LogP contribution in [-0.4, -0.2) is 23.2 Å². The van der Waals surface area contributed by atoms with Crippen molar-refractivity contribution in [2.45, 2.75) is 39.0 Å².